The predicted octanol–water partition coefficient (Wildman–Crippen LogP) is 3.89. The molecule has 0 aromatic carbocycles. The van der Waals surface area contributed by atoms with Gasteiger partial charge in [0.15, 0.2) is 14.9 Å². The molecule has 0 fully saturated rings. The summed E-state index contributed by atoms with van der Waals surface area (Å²) in [5.41, 5.74) is 0.201. The fourth-order valence-electron chi connectivity index (χ4n) is 2.16. The van der Waals surface area contributed by atoms with Crippen LogP contribution >= 0.6 is 7.92 Å². The van der Waals surface area contributed by atoms with E-state index in [0.717, 1.165) is 0 Å². The van der Waals surface area contributed by atoms with Crippen LogP contribution in [-0.4, -0.2) is 29.2 Å². The van der Waals surface area contributed by atoms with Crippen molar-refractivity contribution in [1.82, 2.24) is 4.98 Å². The average Bonchev–Trinajstić information content (AvgIpc) is 2.24. The normalized spacial score (nSPS) is 13.8. The van der Waals surface area contributed by atoms with Gasteiger partial charge in [-0.2, -0.15) is 0 Å². The van der Waals surface area contributed by atoms with Crippen LogP contribution in [-0.2, 0) is 9.84 Å². The topological polar surface area (TPSA) is 47.0 Å². The number of hydrogen-bond donors (Lipinski definition) is 0. The zero-order valence-electron chi connectivity index (χ0n) is 12.6. The molecule has 0 unspecified atom stereocenters. The highest BCUT2D eigenvalue weighted by Crippen LogP contribution is 2.60. The molecular weight excluding hydrogens is 277 g/mol. The van der Waals surface area contributed by atoms with Gasteiger partial charge in [0.2, 0.25) is 0 Å². The summed E-state index contributed by atoms with van der Waals surface area (Å²) < 4.78 is 25.0. The molecule has 0 bridgehead atoms. The molecule has 0 N–H and O–H groups in total. The summed E-state index contributed by atoms with van der Waals surface area (Å²) >= 11 is 0. The van der Waals surface area contributed by atoms with Crippen LogP contribution in [0.4, 0.5) is 0 Å². The Kier molecular flexibility index (Phi) is 4.79. The molecule has 1 heterocycles. The SMILES string of the molecule is CC(C)(C)P(CS(=O)(=O)c1ccccn1)C(C)(C)C. The molecule has 0 aliphatic carbocycles. The van der Waals surface area contributed by atoms with E-state index in [-0.39, 0.29) is 20.8 Å². The first-order valence-electron chi connectivity index (χ1n) is 6.36. The van der Waals surface area contributed by atoms with Crippen LogP contribution in [0.2, 0.25) is 0 Å². The summed E-state index contributed by atoms with van der Waals surface area (Å²) in [6.45, 7) is 12.7. The van der Waals surface area contributed by atoms with Gasteiger partial charge in [-0.1, -0.05) is 55.5 Å². The summed E-state index contributed by atoms with van der Waals surface area (Å²) in [5, 5.41) is 0.182. The Morgan fingerprint density at radius 1 is 1.05 bits per heavy atom. The fourth-order valence-corrected chi connectivity index (χ4v) is 9.67. The molecule has 0 atom stereocenters. The molecule has 1 rings (SSSR count). The summed E-state index contributed by atoms with van der Waals surface area (Å²) in [4.78, 5) is 3.99. The molecule has 0 saturated carbocycles. The zero-order chi connectivity index (χ0) is 14.9. The Bertz CT molecular complexity index is 499. The van der Waals surface area contributed by atoms with Gasteiger partial charge in [0.1, 0.15) is 0 Å². The molecule has 0 amide bonds. The Labute approximate surface area is 118 Å². The number of pyridine rings is 1. The standard InChI is InChI=1S/C14H24NO2PS/c1-13(2,3)18(14(4,5)6)11-19(16,17)12-9-7-8-10-15-12/h7-10H,11H2,1-6H3. The van der Waals surface area contributed by atoms with E-state index in [1.165, 1.54) is 6.20 Å². The fraction of sp³-hybridized carbons (Fsp3) is 0.643. The van der Waals surface area contributed by atoms with Crippen LogP contribution in [0.1, 0.15) is 41.5 Å². The van der Waals surface area contributed by atoms with Gasteiger partial charge in [-0.15, -0.1) is 0 Å². The predicted molar refractivity (Wildman–Crippen MR) is 82.7 cm³/mol. The highest BCUT2D eigenvalue weighted by Gasteiger charge is 2.38. The van der Waals surface area contributed by atoms with E-state index in [1.807, 2.05) is 0 Å². The summed E-state index contributed by atoms with van der Waals surface area (Å²) in [6.07, 6.45) is 1.53. The monoisotopic (exact) mass is 301 g/mol. The lowest BCUT2D eigenvalue weighted by Gasteiger charge is -2.41. The van der Waals surface area contributed by atoms with E-state index < -0.39 is 17.8 Å². The maximum Gasteiger partial charge on any atom is 0.199 e. The van der Waals surface area contributed by atoms with E-state index in [9.17, 15) is 8.42 Å². The Balaban J connectivity index is 3.11. The van der Waals surface area contributed by atoms with Crippen LogP contribution in [0.5, 0.6) is 0 Å². The van der Waals surface area contributed by atoms with E-state index in [1.54, 1.807) is 18.2 Å². The van der Waals surface area contributed by atoms with Crippen molar-refractivity contribution in [3.8, 4) is 0 Å². The second kappa shape index (κ2) is 5.49. The van der Waals surface area contributed by atoms with Gasteiger partial charge in [0.25, 0.3) is 0 Å². The number of hydrogen-bond acceptors (Lipinski definition) is 3. The molecule has 0 saturated heterocycles. The van der Waals surface area contributed by atoms with Crippen molar-refractivity contribution in [2.45, 2.75) is 56.9 Å². The zero-order valence-corrected chi connectivity index (χ0v) is 14.3. The maximum absolute atomic E-state index is 12.5. The molecule has 0 aliphatic rings. The Morgan fingerprint density at radius 2 is 1.58 bits per heavy atom. The van der Waals surface area contributed by atoms with Crippen molar-refractivity contribution < 1.29 is 8.42 Å². The largest absolute Gasteiger partial charge is 0.245 e. The quantitative estimate of drug-likeness (QED) is 0.796. The summed E-state index contributed by atoms with van der Waals surface area (Å²) in [5.74, 6) is 0. The van der Waals surface area contributed by atoms with Gasteiger partial charge in [-0.05, 0) is 22.4 Å². The van der Waals surface area contributed by atoms with Gasteiger partial charge in [0, 0.05) is 6.20 Å². The third kappa shape index (κ3) is 4.54. The minimum Gasteiger partial charge on any atom is -0.245 e. The van der Waals surface area contributed by atoms with Crippen LogP contribution in [0.15, 0.2) is 29.4 Å². The molecule has 0 radical (unpaired) electrons. The van der Waals surface area contributed by atoms with Gasteiger partial charge in [0.05, 0.1) is 5.49 Å². The first-order valence-corrected chi connectivity index (χ1v) is 9.54. The van der Waals surface area contributed by atoms with Crippen molar-refractivity contribution >= 4 is 17.8 Å². The van der Waals surface area contributed by atoms with E-state index in [2.05, 4.69) is 46.5 Å². The van der Waals surface area contributed by atoms with Crippen LogP contribution in [0.25, 0.3) is 0 Å². The summed E-state index contributed by atoms with van der Waals surface area (Å²) in [6, 6.07) is 5.03. The molecule has 1 aromatic heterocycles. The van der Waals surface area contributed by atoms with E-state index in [0.29, 0.717) is 0 Å². The molecule has 19 heavy (non-hydrogen) atoms. The van der Waals surface area contributed by atoms with E-state index in [4.69, 9.17) is 0 Å². The molecular formula is C14H24NO2PS. The summed E-state index contributed by atoms with van der Waals surface area (Å²) in [7, 11) is -3.99. The molecule has 0 spiro atoms. The molecule has 108 valence electrons. The van der Waals surface area contributed by atoms with Gasteiger partial charge >= 0.3 is 0 Å². The Morgan fingerprint density at radius 3 is 1.95 bits per heavy atom. The first-order chi connectivity index (χ1) is 8.44. The van der Waals surface area contributed by atoms with Crippen LogP contribution in [0, 0.1) is 0 Å². The lowest BCUT2D eigenvalue weighted by atomic mass is 10.2. The van der Waals surface area contributed by atoms with Crippen molar-refractivity contribution in [1.29, 1.82) is 0 Å². The van der Waals surface area contributed by atoms with Crippen molar-refractivity contribution in [2.24, 2.45) is 0 Å². The maximum atomic E-state index is 12.5. The Hall–Kier alpha value is -0.470. The number of aromatic nitrogens is 1. The molecule has 3 nitrogen and oxygen atoms in total. The van der Waals surface area contributed by atoms with Crippen LogP contribution in [0.3, 0.4) is 0 Å². The highest BCUT2D eigenvalue weighted by molar-refractivity contribution is 7.98. The second-order valence-electron chi connectivity index (χ2n) is 6.68. The van der Waals surface area contributed by atoms with Crippen molar-refractivity contribution in [3.63, 3.8) is 0 Å². The number of rotatable bonds is 3. The van der Waals surface area contributed by atoms with Gasteiger partial charge in [-0.3, -0.25) is 0 Å². The third-order valence-electron chi connectivity index (χ3n) is 2.87. The molecule has 0 aliphatic heterocycles. The highest BCUT2D eigenvalue weighted by atomic mass is 32.2. The first kappa shape index (κ1) is 16.6. The minimum absolute atomic E-state index is 0.00453. The van der Waals surface area contributed by atoms with Gasteiger partial charge in [-0.25, -0.2) is 13.4 Å². The number of sulfone groups is 1. The molecule has 5 heteroatoms. The smallest absolute Gasteiger partial charge is 0.199 e. The minimum atomic E-state index is -3.31. The van der Waals surface area contributed by atoms with Crippen LogP contribution < -0.4 is 0 Å². The van der Waals surface area contributed by atoms with E-state index >= 15 is 0 Å². The number of nitrogens with zero attached hydrogens (tertiary/aromatic N) is 1. The van der Waals surface area contributed by atoms with Gasteiger partial charge < -0.3 is 0 Å². The second-order valence-corrected chi connectivity index (χ2v) is 12.9. The van der Waals surface area contributed by atoms with Crippen molar-refractivity contribution in [3.05, 3.63) is 24.4 Å². The molecule has 1 aromatic rings. The lowest BCUT2D eigenvalue weighted by Crippen LogP contribution is -2.29. The third-order valence-corrected chi connectivity index (χ3v) is 9.39. The average molecular weight is 301 g/mol. The van der Waals surface area contributed by atoms with Crippen molar-refractivity contribution in [2.75, 3.05) is 5.49 Å². The lowest BCUT2D eigenvalue weighted by molar-refractivity contribution is 0.595.